The Hall–Kier alpha value is 0.354. The normalized spacial score (nSPS) is 39.0. The van der Waals surface area contributed by atoms with Crippen LogP contribution in [0.2, 0.25) is 0 Å². The molecule has 0 aromatic heterocycles. The minimum Gasteiger partial charge on any atom is -0.327 e. The second-order valence-corrected chi connectivity index (χ2v) is 5.87. The Morgan fingerprint density at radius 2 is 1.30 bits per heavy atom. The Bertz CT molecular complexity index is 94.3. The highest BCUT2D eigenvalue weighted by molar-refractivity contribution is 6.06. The van der Waals surface area contributed by atoms with Gasteiger partial charge in [0.15, 0.2) is 0 Å². The standard InChI is InChI=1S/C6H18N2Si2/c1-5-3-8(10)6(2)4-7(5)9/h5-6H,3-4H2,1-2,9-10H3. The van der Waals surface area contributed by atoms with Crippen molar-refractivity contribution in [2.75, 3.05) is 13.1 Å². The third-order valence-electron chi connectivity index (χ3n) is 2.61. The molecule has 0 spiro atoms. The maximum Gasteiger partial charge on any atom is 0.0789 e. The van der Waals surface area contributed by atoms with Gasteiger partial charge in [-0.05, 0) is 13.8 Å². The Labute approximate surface area is 69.6 Å². The SMILES string of the molecule is CC1CN([SiH3])C(C)CN1[SiH3]. The Morgan fingerprint density at radius 1 is 1.00 bits per heavy atom. The third-order valence-corrected chi connectivity index (χ3v) is 5.10. The predicted octanol–water partition coefficient (Wildman–Crippen LogP) is -2.06. The van der Waals surface area contributed by atoms with Gasteiger partial charge in [-0.15, -0.1) is 0 Å². The smallest absolute Gasteiger partial charge is 0.0789 e. The van der Waals surface area contributed by atoms with E-state index in [1.54, 1.807) is 0 Å². The largest absolute Gasteiger partial charge is 0.327 e. The van der Waals surface area contributed by atoms with Crippen molar-refractivity contribution in [3.63, 3.8) is 0 Å². The highest BCUT2D eigenvalue weighted by Gasteiger charge is 2.22. The van der Waals surface area contributed by atoms with Gasteiger partial charge >= 0.3 is 0 Å². The molecule has 1 saturated heterocycles. The van der Waals surface area contributed by atoms with Crippen LogP contribution < -0.4 is 0 Å². The van der Waals surface area contributed by atoms with E-state index in [-0.39, 0.29) is 0 Å². The van der Waals surface area contributed by atoms with E-state index in [2.05, 4.69) is 23.0 Å². The molecule has 1 heterocycles. The first-order valence-corrected chi connectivity index (χ1v) is 5.80. The van der Waals surface area contributed by atoms with Crippen molar-refractivity contribution >= 4 is 20.8 Å². The van der Waals surface area contributed by atoms with E-state index in [0.717, 1.165) is 12.1 Å². The van der Waals surface area contributed by atoms with Gasteiger partial charge in [0, 0.05) is 25.2 Å². The van der Waals surface area contributed by atoms with Crippen LogP contribution >= 0.6 is 0 Å². The van der Waals surface area contributed by atoms with Gasteiger partial charge in [-0.3, -0.25) is 0 Å². The molecule has 1 aliphatic heterocycles. The monoisotopic (exact) mass is 174 g/mol. The molecule has 1 rings (SSSR count). The fourth-order valence-corrected chi connectivity index (χ4v) is 2.86. The molecular formula is C6H18N2Si2. The molecule has 0 aromatic carbocycles. The van der Waals surface area contributed by atoms with E-state index in [1.807, 2.05) is 0 Å². The first kappa shape index (κ1) is 8.45. The van der Waals surface area contributed by atoms with Crippen molar-refractivity contribution in [2.24, 2.45) is 0 Å². The van der Waals surface area contributed by atoms with Crippen LogP contribution in [0, 0.1) is 0 Å². The molecule has 60 valence electrons. The van der Waals surface area contributed by atoms with Crippen molar-refractivity contribution in [3.05, 3.63) is 0 Å². The van der Waals surface area contributed by atoms with E-state index in [1.165, 1.54) is 33.9 Å². The first-order chi connectivity index (χ1) is 4.61. The minimum absolute atomic E-state index is 0.820. The predicted molar refractivity (Wildman–Crippen MR) is 52.2 cm³/mol. The van der Waals surface area contributed by atoms with Gasteiger partial charge in [0.1, 0.15) is 0 Å². The van der Waals surface area contributed by atoms with E-state index in [4.69, 9.17) is 0 Å². The maximum absolute atomic E-state index is 2.58. The zero-order valence-electron chi connectivity index (χ0n) is 7.46. The fraction of sp³-hybridized carbons (Fsp3) is 1.00. The quantitative estimate of drug-likeness (QED) is 0.390. The lowest BCUT2D eigenvalue weighted by atomic mass is 10.2. The molecule has 0 aliphatic carbocycles. The molecule has 0 N–H and O–H groups in total. The fourth-order valence-electron chi connectivity index (χ4n) is 1.47. The van der Waals surface area contributed by atoms with Gasteiger partial charge < -0.3 is 9.13 Å². The van der Waals surface area contributed by atoms with Gasteiger partial charge in [-0.2, -0.15) is 0 Å². The maximum atomic E-state index is 2.58. The third kappa shape index (κ3) is 1.69. The average Bonchev–Trinajstić information content (AvgIpc) is 1.84. The van der Waals surface area contributed by atoms with E-state index >= 15 is 0 Å². The number of hydrogen-bond acceptors (Lipinski definition) is 2. The molecule has 0 amide bonds. The summed E-state index contributed by atoms with van der Waals surface area (Å²) in [6.07, 6.45) is 0. The molecule has 0 aromatic rings. The van der Waals surface area contributed by atoms with Crippen LogP contribution in [0.25, 0.3) is 0 Å². The van der Waals surface area contributed by atoms with E-state index in [0.29, 0.717) is 0 Å². The summed E-state index contributed by atoms with van der Waals surface area (Å²) in [6.45, 7) is 7.28. The summed E-state index contributed by atoms with van der Waals surface area (Å²) in [5.74, 6) is 0. The van der Waals surface area contributed by atoms with E-state index < -0.39 is 0 Å². The average molecular weight is 174 g/mol. The second kappa shape index (κ2) is 3.17. The molecule has 2 atom stereocenters. The van der Waals surface area contributed by atoms with Gasteiger partial charge in [-0.1, -0.05) is 0 Å². The highest BCUT2D eigenvalue weighted by Crippen LogP contribution is 2.09. The minimum atomic E-state index is 0.820. The topological polar surface area (TPSA) is 6.48 Å². The van der Waals surface area contributed by atoms with Crippen molar-refractivity contribution < 1.29 is 0 Å². The molecule has 0 saturated carbocycles. The first-order valence-electron chi connectivity index (χ1n) is 4.01. The summed E-state index contributed by atoms with van der Waals surface area (Å²) in [4.78, 5) is 0. The number of rotatable bonds is 0. The van der Waals surface area contributed by atoms with Crippen LogP contribution in [0.1, 0.15) is 13.8 Å². The Morgan fingerprint density at radius 3 is 1.60 bits per heavy atom. The molecule has 0 radical (unpaired) electrons. The Balaban J connectivity index is 2.46. The molecular weight excluding hydrogens is 156 g/mol. The Kier molecular flexibility index (Phi) is 2.68. The van der Waals surface area contributed by atoms with Crippen molar-refractivity contribution in [3.8, 4) is 0 Å². The molecule has 1 fully saturated rings. The summed E-state index contributed by atoms with van der Waals surface area (Å²) in [6, 6.07) is 1.64. The van der Waals surface area contributed by atoms with Crippen LogP contribution in [0.3, 0.4) is 0 Å². The van der Waals surface area contributed by atoms with Crippen molar-refractivity contribution in [1.29, 1.82) is 0 Å². The van der Waals surface area contributed by atoms with Crippen LogP contribution in [-0.4, -0.2) is 55.1 Å². The zero-order valence-corrected chi connectivity index (χ0v) is 11.5. The lowest BCUT2D eigenvalue weighted by molar-refractivity contribution is 0.171. The second-order valence-electron chi connectivity index (χ2n) is 3.58. The molecule has 1 aliphatic rings. The number of hydrogen-bond donors (Lipinski definition) is 0. The van der Waals surface area contributed by atoms with E-state index in [9.17, 15) is 0 Å². The number of nitrogens with zero attached hydrogens (tertiary/aromatic N) is 2. The molecule has 4 heteroatoms. The summed E-state index contributed by atoms with van der Waals surface area (Å²) < 4.78 is 5.16. The van der Waals surface area contributed by atoms with Gasteiger partial charge in [0.05, 0.1) is 20.8 Å². The van der Waals surface area contributed by atoms with Gasteiger partial charge in [0.2, 0.25) is 0 Å². The molecule has 2 nitrogen and oxygen atoms in total. The summed E-state index contributed by atoms with van der Waals surface area (Å²) in [7, 11) is 2.47. The summed E-state index contributed by atoms with van der Waals surface area (Å²) in [5.41, 5.74) is 0. The molecule has 2 unspecified atom stereocenters. The highest BCUT2D eigenvalue weighted by atomic mass is 28.2. The summed E-state index contributed by atoms with van der Waals surface area (Å²) in [5, 5.41) is 0. The van der Waals surface area contributed by atoms with Crippen LogP contribution in [0.15, 0.2) is 0 Å². The summed E-state index contributed by atoms with van der Waals surface area (Å²) >= 11 is 0. The molecule has 10 heavy (non-hydrogen) atoms. The van der Waals surface area contributed by atoms with Crippen LogP contribution in [0.4, 0.5) is 0 Å². The van der Waals surface area contributed by atoms with Crippen molar-refractivity contribution in [1.82, 2.24) is 9.13 Å². The zero-order chi connectivity index (χ0) is 7.72. The lowest BCUT2D eigenvalue weighted by Gasteiger charge is -2.41. The number of piperazine rings is 1. The molecule has 0 bridgehead atoms. The van der Waals surface area contributed by atoms with Crippen LogP contribution in [0.5, 0.6) is 0 Å². The van der Waals surface area contributed by atoms with Crippen LogP contribution in [-0.2, 0) is 0 Å². The van der Waals surface area contributed by atoms with Gasteiger partial charge in [-0.25, -0.2) is 0 Å². The van der Waals surface area contributed by atoms with Crippen molar-refractivity contribution in [2.45, 2.75) is 25.9 Å². The lowest BCUT2D eigenvalue weighted by Crippen LogP contribution is -2.54. The van der Waals surface area contributed by atoms with Gasteiger partial charge in [0.25, 0.3) is 0 Å².